The van der Waals surface area contributed by atoms with Crippen LogP contribution < -0.4 is 9.47 Å². The van der Waals surface area contributed by atoms with Crippen molar-refractivity contribution in [3.05, 3.63) is 33.4 Å². The minimum Gasteiger partial charge on any atom is -0.490 e. The number of methoxy groups -OCH3 is 1. The zero-order chi connectivity index (χ0) is 13.5. The van der Waals surface area contributed by atoms with E-state index in [1.165, 1.54) is 13.2 Å². The first-order chi connectivity index (χ1) is 8.35. The highest BCUT2D eigenvalue weighted by atomic mass is 16.6. The summed E-state index contributed by atoms with van der Waals surface area (Å²) in [5.74, 6) is 0.754. The van der Waals surface area contributed by atoms with E-state index < -0.39 is 10.5 Å². The Morgan fingerprint density at radius 3 is 2.61 bits per heavy atom. The average Bonchev–Trinajstić information content (AvgIpc) is 2.28. The van der Waals surface area contributed by atoms with Gasteiger partial charge < -0.3 is 9.47 Å². The van der Waals surface area contributed by atoms with Crippen molar-refractivity contribution in [2.75, 3.05) is 7.11 Å². The molecule has 0 aliphatic carbocycles. The van der Waals surface area contributed by atoms with E-state index in [-0.39, 0.29) is 11.4 Å². The zero-order valence-electron chi connectivity index (χ0n) is 10.8. The van der Waals surface area contributed by atoms with Crippen LogP contribution >= 0.6 is 0 Å². The van der Waals surface area contributed by atoms with Crippen LogP contribution in [0.25, 0.3) is 6.08 Å². The van der Waals surface area contributed by atoms with Crippen LogP contribution in [0, 0.1) is 10.1 Å². The molecule has 18 heavy (non-hydrogen) atoms. The van der Waals surface area contributed by atoms with Gasteiger partial charge in [0.25, 0.3) is 0 Å². The van der Waals surface area contributed by atoms with Crippen LogP contribution in [0.5, 0.6) is 11.5 Å². The fraction of sp³-hybridized carbons (Fsp3) is 0.385. The standard InChI is InChI=1S/C13H15NO4/c1-8-5-9-6-12(17-4)10(14(15)16)7-11(9)18-13(8,2)3/h5-7H,1-4H3. The van der Waals surface area contributed by atoms with Crippen molar-refractivity contribution in [1.82, 2.24) is 0 Å². The lowest BCUT2D eigenvalue weighted by Gasteiger charge is -2.32. The number of hydrogen-bond donors (Lipinski definition) is 0. The molecule has 0 amide bonds. The first-order valence-corrected chi connectivity index (χ1v) is 5.59. The Hall–Kier alpha value is -2.04. The van der Waals surface area contributed by atoms with E-state index in [1.54, 1.807) is 6.07 Å². The fourth-order valence-corrected chi connectivity index (χ4v) is 1.83. The van der Waals surface area contributed by atoms with E-state index in [9.17, 15) is 10.1 Å². The summed E-state index contributed by atoms with van der Waals surface area (Å²) < 4.78 is 10.8. The van der Waals surface area contributed by atoms with Gasteiger partial charge in [-0.3, -0.25) is 10.1 Å². The van der Waals surface area contributed by atoms with Gasteiger partial charge in [0, 0.05) is 5.56 Å². The van der Waals surface area contributed by atoms with Crippen molar-refractivity contribution in [2.45, 2.75) is 26.4 Å². The van der Waals surface area contributed by atoms with Crippen molar-refractivity contribution in [3.8, 4) is 11.5 Å². The predicted molar refractivity (Wildman–Crippen MR) is 68.0 cm³/mol. The van der Waals surface area contributed by atoms with Gasteiger partial charge in [0.05, 0.1) is 18.1 Å². The zero-order valence-corrected chi connectivity index (χ0v) is 10.8. The minimum atomic E-state index is -0.472. The molecule has 1 heterocycles. The second kappa shape index (κ2) is 4.01. The number of rotatable bonds is 2. The summed E-state index contributed by atoms with van der Waals surface area (Å²) in [6, 6.07) is 3.05. The molecule has 0 saturated heterocycles. The molecule has 0 spiro atoms. The Morgan fingerprint density at radius 2 is 2.06 bits per heavy atom. The number of hydrogen-bond acceptors (Lipinski definition) is 4. The van der Waals surface area contributed by atoms with Gasteiger partial charge in [-0.25, -0.2) is 0 Å². The molecule has 5 heteroatoms. The van der Waals surface area contributed by atoms with Crippen molar-refractivity contribution in [2.24, 2.45) is 0 Å². The van der Waals surface area contributed by atoms with Gasteiger partial charge in [-0.15, -0.1) is 0 Å². The van der Waals surface area contributed by atoms with Crippen molar-refractivity contribution in [3.63, 3.8) is 0 Å². The van der Waals surface area contributed by atoms with Gasteiger partial charge in [0.2, 0.25) is 0 Å². The van der Waals surface area contributed by atoms with Gasteiger partial charge in [-0.1, -0.05) is 0 Å². The molecule has 0 N–H and O–H groups in total. The second-order valence-corrected chi connectivity index (χ2v) is 4.76. The highest BCUT2D eigenvalue weighted by Gasteiger charge is 2.30. The summed E-state index contributed by atoms with van der Waals surface area (Å²) in [6.07, 6.45) is 1.96. The average molecular weight is 249 g/mol. The molecule has 0 atom stereocenters. The smallest absolute Gasteiger partial charge is 0.314 e. The molecule has 0 bridgehead atoms. The number of nitro groups is 1. The molecule has 2 rings (SSSR count). The fourth-order valence-electron chi connectivity index (χ4n) is 1.83. The van der Waals surface area contributed by atoms with Gasteiger partial charge in [-0.05, 0) is 38.5 Å². The molecular weight excluding hydrogens is 234 g/mol. The third-order valence-corrected chi connectivity index (χ3v) is 3.19. The Balaban J connectivity index is 2.61. The van der Waals surface area contributed by atoms with E-state index in [2.05, 4.69) is 0 Å². The van der Waals surface area contributed by atoms with Crippen LogP contribution in [-0.2, 0) is 0 Å². The van der Waals surface area contributed by atoms with E-state index >= 15 is 0 Å². The normalized spacial score (nSPS) is 16.3. The van der Waals surface area contributed by atoms with Gasteiger partial charge >= 0.3 is 5.69 Å². The molecule has 5 nitrogen and oxygen atoms in total. The maximum Gasteiger partial charge on any atom is 0.314 e. The third kappa shape index (κ3) is 1.92. The number of nitro benzene ring substituents is 1. The molecule has 0 aromatic heterocycles. The summed E-state index contributed by atoms with van der Waals surface area (Å²) in [6.45, 7) is 5.83. The van der Waals surface area contributed by atoms with Crippen LogP contribution in [0.3, 0.4) is 0 Å². The summed E-state index contributed by atoms with van der Waals surface area (Å²) in [4.78, 5) is 10.5. The van der Waals surface area contributed by atoms with E-state index in [1.807, 2.05) is 26.8 Å². The molecule has 1 aliphatic rings. The monoisotopic (exact) mass is 249 g/mol. The minimum absolute atomic E-state index is 0.0833. The largest absolute Gasteiger partial charge is 0.490 e. The number of nitrogens with zero attached hydrogens (tertiary/aromatic N) is 1. The molecule has 1 aliphatic heterocycles. The van der Waals surface area contributed by atoms with Crippen molar-refractivity contribution in [1.29, 1.82) is 0 Å². The second-order valence-electron chi connectivity index (χ2n) is 4.76. The Morgan fingerprint density at radius 1 is 1.39 bits per heavy atom. The molecule has 1 aromatic rings. The molecule has 0 fully saturated rings. The molecule has 0 unspecified atom stereocenters. The summed E-state index contributed by atoms with van der Waals surface area (Å²) in [5.41, 5.74) is 1.33. The highest BCUT2D eigenvalue weighted by molar-refractivity contribution is 5.69. The molecule has 1 aromatic carbocycles. The summed E-state index contributed by atoms with van der Waals surface area (Å²) in [7, 11) is 1.42. The van der Waals surface area contributed by atoms with Crippen LogP contribution in [0.1, 0.15) is 26.3 Å². The maximum absolute atomic E-state index is 10.9. The Labute approximate surface area is 105 Å². The topological polar surface area (TPSA) is 61.6 Å². The van der Waals surface area contributed by atoms with Gasteiger partial charge in [0.15, 0.2) is 5.75 Å². The summed E-state index contributed by atoms with van der Waals surface area (Å²) in [5, 5.41) is 10.9. The van der Waals surface area contributed by atoms with Crippen molar-refractivity contribution >= 4 is 11.8 Å². The van der Waals surface area contributed by atoms with E-state index in [0.717, 1.165) is 11.1 Å². The van der Waals surface area contributed by atoms with Crippen LogP contribution in [0.15, 0.2) is 17.7 Å². The van der Waals surface area contributed by atoms with Gasteiger partial charge in [0.1, 0.15) is 11.4 Å². The molecule has 0 saturated carbocycles. The Bertz CT molecular complexity index is 546. The number of benzene rings is 1. The highest BCUT2D eigenvalue weighted by Crippen LogP contribution is 2.41. The lowest BCUT2D eigenvalue weighted by Crippen LogP contribution is -2.31. The maximum atomic E-state index is 10.9. The van der Waals surface area contributed by atoms with E-state index in [0.29, 0.717) is 5.75 Å². The van der Waals surface area contributed by atoms with E-state index in [4.69, 9.17) is 9.47 Å². The molecule has 0 radical (unpaired) electrons. The number of ether oxygens (including phenoxy) is 2. The van der Waals surface area contributed by atoms with Crippen LogP contribution in [0.2, 0.25) is 0 Å². The third-order valence-electron chi connectivity index (χ3n) is 3.19. The summed E-state index contributed by atoms with van der Waals surface area (Å²) >= 11 is 0. The van der Waals surface area contributed by atoms with Crippen LogP contribution in [0.4, 0.5) is 5.69 Å². The molecule has 96 valence electrons. The molecular formula is C13H15NO4. The predicted octanol–water partition coefficient (Wildman–Crippen LogP) is 3.18. The first kappa shape index (κ1) is 12.4. The van der Waals surface area contributed by atoms with Crippen molar-refractivity contribution < 1.29 is 14.4 Å². The Kier molecular flexibility index (Phi) is 2.77. The van der Waals surface area contributed by atoms with Crippen LogP contribution in [-0.4, -0.2) is 17.6 Å². The number of fused-ring (bicyclic) bond motifs is 1. The first-order valence-electron chi connectivity index (χ1n) is 5.59. The van der Waals surface area contributed by atoms with Gasteiger partial charge in [-0.2, -0.15) is 0 Å². The quantitative estimate of drug-likeness (QED) is 0.596. The lowest BCUT2D eigenvalue weighted by atomic mass is 9.93. The SMILES string of the molecule is COc1cc2c(cc1[N+](=O)[O-])OC(C)(C)C(C)=C2. The lowest BCUT2D eigenvalue weighted by molar-refractivity contribution is -0.385.